The lowest BCUT2D eigenvalue weighted by molar-refractivity contribution is -0.189. The predicted octanol–water partition coefficient (Wildman–Crippen LogP) is 8.44. The molecule has 0 spiro atoms. The van der Waals surface area contributed by atoms with Gasteiger partial charge in [0, 0.05) is 24.3 Å². The fourth-order valence-corrected chi connectivity index (χ4v) is 3.91. The molecule has 1 heterocycles. The molecular formula is C26H22F8O2. The van der Waals surface area contributed by atoms with E-state index in [1.54, 1.807) is 0 Å². The number of alkyl halides is 2. The van der Waals surface area contributed by atoms with Crippen LogP contribution >= 0.6 is 0 Å². The van der Waals surface area contributed by atoms with E-state index in [1.807, 2.05) is 6.92 Å². The summed E-state index contributed by atoms with van der Waals surface area (Å²) in [5.41, 5.74) is -1.93. The van der Waals surface area contributed by atoms with Gasteiger partial charge in [0.25, 0.3) is 0 Å². The van der Waals surface area contributed by atoms with Gasteiger partial charge in [-0.1, -0.05) is 26.5 Å². The number of halogens is 8. The normalized spacial score (nSPS) is 18.0. The molecule has 10 heteroatoms. The van der Waals surface area contributed by atoms with Crippen LogP contribution in [0.3, 0.4) is 0 Å². The summed E-state index contributed by atoms with van der Waals surface area (Å²) < 4.78 is 122. The molecule has 0 aliphatic carbocycles. The second kappa shape index (κ2) is 10.5. The summed E-state index contributed by atoms with van der Waals surface area (Å²) in [7, 11) is 0. The zero-order chi connectivity index (χ0) is 25.5. The van der Waals surface area contributed by atoms with E-state index in [4.69, 9.17) is 4.74 Å². The van der Waals surface area contributed by atoms with E-state index in [9.17, 15) is 35.1 Å². The number of rotatable bonds is 5. The Morgan fingerprint density at radius 1 is 0.806 bits per heavy atom. The Morgan fingerprint density at radius 2 is 1.42 bits per heavy atom. The van der Waals surface area contributed by atoms with Crippen molar-refractivity contribution in [3.8, 4) is 16.9 Å². The van der Waals surface area contributed by atoms with Gasteiger partial charge in [-0.3, -0.25) is 0 Å². The van der Waals surface area contributed by atoms with Crippen LogP contribution in [0, 0.1) is 40.8 Å². The summed E-state index contributed by atoms with van der Waals surface area (Å²) in [6, 6.07) is 5.12. The van der Waals surface area contributed by atoms with Crippen LogP contribution in [0.25, 0.3) is 11.1 Å². The van der Waals surface area contributed by atoms with E-state index < -0.39 is 52.3 Å². The van der Waals surface area contributed by atoms with Crippen molar-refractivity contribution in [3.63, 3.8) is 0 Å². The molecule has 0 bridgehead atoms. The van der Waals surface area contributed by atoms with Crippen molar-refractivity contribution in [1.29, 1.82) is 0 Å². The third-order valence-corrected chi connectivity index (χ3v) is 5.72. The van der Waals surface area contributed by atoms with Crippen molar-refractivity contribution in [3.05, 3.63) is 88.5 Å². The highest BCUT2D eigenvalue weighted by atomic mass is 19.3. The van der Waals surface area contributed by atoms with E-state index >= 15 is 0 Å². The van der Waals surface area contributed by atoms with Gasteiger partial charge in [0.15, 0.2) is 17.5 Å². The Morgan fingerprint density at radius 3 is 1.94 bits per heavy atom. The van der Waals surface area contributed by atoms with Gasteiger partial charge in [0.2, 0.25) is 0 Å². The van der Waals surface area contributed by atoms with Crippen molar-refractivity contribution in [1.82, 2.24) is 0 Å². The number of hydrogen-bond donors (Lipinski definition) is 0. The lowest BCUT2D eigenvalue weighted by Crippen LogP contribution is -2.25. The average Bonchev–Trinajstić information content (AvgIpc) is 2.76. The van der Waals surface area contributed by atoms with E-state index in [0.717, 1.165) is 12.5 Å². The number of hydrogen-bond acceptors (Lipinski definition) is 2. The van der Waals surface area contributed by atoms with E-state index in [1.165, 1.54) is 12.1 Å². The van der Waals surface area contributed by atoms with Crippen LogP contribution in [0.15, 0.2) is 42.5 Å². The molecule has 3 aromatic carbocycles. The molecule has 0 radical (unpaired) electrons. The average molecular weight is 518 g/mol. The number of benzene rings is 3. The Balaban J connectivity index is 0.00000361. The van der Waals surface area contributed by atoms with Crippen LogP contribution in [0.1, 0.15) is 44.4 Å². The van der Waals surface area contributed by atoms with Gasteiger partial charge in [0.05, 0.1) is 6.10 Å². The van der Waals surface area contributed by atoms with Gasteiger partial charge in [0.1, 0.15) is 28.8 Å². The first-order valence-corrected chi connectivity index (χ1v) is 10.6. The van der Waals surface area contributed by atoms with Gasteiger partial charge in [-0.05, 0) is 48.1 Å². The molecule has 36 heavy (non-hydrogen) atoms. The van der Waals surface area contributed by atoms with Gasteiger partial charge < -0.3 is 9.47 Å². The first-order chi connectivity index (χ1) is 16.5. The van der Waals surface area contributed by atoms with E-state index in [0.29, 0.717) is 36.6 Å². The molecule has 1 aliphatic rings. The van der Waals surface area contributed by atoms with Gasteiger partial charge in [-0.2, -0.15) is 8.78 Å². The summed E-state index contributed by atoms with van der Waals surface area (Å²) in [5.74, 6) is -10.8. The Kier molecular flexibility index (Phi) is 7.97. The highest BCUT2D eigenvalue weighted by molar-refractivity contribution is 5.65. The van der Waals surface area contributed by atoms with Crippen LogP contribution < -0.4 is 4.74 Å². The van der Waals surface area contributed by atoms with E-state index in [2.05, 4.69) is 4.74 Å². The number of ether oxygens (including phenoxy) is 2. The minimum absolute atomic E-state index is 0. The molecule has 1 unspecified atom stereocenters. The monoisotopic (exact) mass is 518 g/mol. The molecule has 0 N–H and O–H groups in total. The highest BCUT2D eigenvalue weighted by Gasteiger charge is 2.41. The summed E-state index contributed by atoms with van der Waals surface area (Å²) in [5, 5.41) is 0. The summed E-state index contributed by atoms with van der Waals surface area (Å²) in [6.07, 6.45) is -3.50. The van der Waals surface area contributed by atoms with Crippen molar-refractivity contribution < 1.29 is 44.6 Å². The summed E-state index contributed by atoms with van der Waals surface area (Å²) in [6.45, 7) is 2.54. The Hall–Kier alpha value is -3.14. The molecule has 1 saturated heterocycles. The topological polar surface area (TPSA) is 18.5 Å². The Labute approximate surface area is 202 Å². The molecule has 2 nitrogen and oxygen atoms in total. The molecule has 194 valence electrons. The van der Waals surface area contributed by atoms with Crippen LogP contribution in [-0.4, -0.2) is 6.61 Å². The maximum absolute atomic E-state index is 14.8. The summed E-state index contributed by atoms with van der Waals surface area (Å²) >= 11 is 0. The zero-order valence-corrected chi connectivity index (χ0v) is 18.2. The lowest BCUT2D eigenvalue weighted by atomic mass is 9.94. The SMILES string of the molecule is C.CC1CC[C@@H](c2ccc(-c3cc(F)c(C(F)(F)Oc4cc(F)c(F)c(F)c4)c(F)c3)c(F)c2)OC1. The van der Waals surface area contributed by atoms with E-state index in [-0.39, 0.29) is 36.8 Å². The maximum Gasteiger partial charge on any atom is 0.432 e. The fraction of sp³-hybridized carbons (Fsp3) is 0.308. The van der Waals surface area contributed by atoms with Crippen LogP contribution in [0.2, 0.25) is 0 Å². The van der Waals surface area contributed by atoms with Gasteiger partial charge >= 0.3 is 6.11 Å². The minimum atomic E-state index is -4.73. The van der Waals surface area contributed by atoms with Crippen LogP contribution in [0.5, 0.6) is 5.75 Å². The van der Waals surface area contributed by atoms with Crippen molar-refractivity contribution >= 4 is 0 Å². The first-order valence-electron chi connectivity index (χ1n) is 10.6. The third kappa shape index (κ3) is 5.48. The Bertz CT molecular complexity index is 1210. The molecular weight excluding hydrogens is 496 g/mol. The smallest absolute Gasteiger partial charge is 0.429 e. The fourth-order valence-electron chi connectivity index (χ4n) is 3.91. The summed E-state index contributed by atoms with van der Waals surface area (Å²) in [4.78, 5) is 0. The maximum atomic E-state index is 14.8. The second-order valence-corrected chi connectivity index (χ2v) is 8.38. The van der Waals surface area contributed by atoms with Crippen LogP contribution in [0.4, 0.5) is 35.1 Å². The second-order valence-electron chi connectivity index (χ2n) is 8.38. The molecule has 3 aromatic rings. The first kappa shape index (κ1) is 27.4. The van der Waals surface area contributed by atoms with Gasteiger partial charge in [-0.15, -0.1) is 0 Å². The molecule has 1 fully saturated rings. The minimum Gasteiger partial charge on any atom is -0.429 e. The standard InChI is InChI=1S/C25H18F8O2.CH4/c1-12-2-5-22(34-11-12)13-3-4-16(17(26)6-13)14-7-18(27)23(19(28)8-14)25(32,33)35-15-9-20(29)24(31)21(30)10-15;/h3-4,6-10,12,22H,2,5,11H2,1H3;1H4/t12?,22-;/m0./s1. The third-order valence-electron chi connectivity index (χ3n) is 5.72. The lowest BCUT2D eigenvalue weighted by Gasteiger charge is -2.27. The molecule has 1 aliphatic heterocycles. The van der Waals surface area contributed by atoms with Gasteiger partial charge in [-0.25, -0.2) is 26.3 Å². The molecule has 4 rings (SSSR count). The van der Waals surface area contributed by atoms with Crippen molar-refractivity contribution in [2.45, 2.75) is 39.4 Å². The quantitative estimate of drug-likeness (QED) is 0.249. The zero-order valence-electron chi connectivity index (χ0n) is 18.2. The highest BCUT2D eigenvalue weighted by Crippen LogP contribution is 2.39. The molecule has 2 atom stereocenters. The predicted molar refractivity (Wildman–Crippen MR) is 116 cm³/mol. The molecule has 0 amide bonds. The molecule has 0 aromatic heterocycles. The largest absolute Gasteiger partial charge is 0.432 e. The van der Waals surface area contributed by atoms with Crippen molar-refractivity contribution in [2.75, 3.05) is 6.61 Å². The molecule has 0 saturated carbocycles. The van der Waals surface area contributed by atoms with Crippen molar-refractivity contribution in [2.24, 2.45) is 5.92 Å². The van der Waals surface area contributed by atoms with Crippen LogP contribution in [-0.2, 0) is 10.8 Å².